The number of fused-ring (bicyclic) bond motifs is 3. The van der Waals surface area contributed by atoms with Crippen LogP contribution in [0.25, 0.3) is 0 Å². The van der Waals surface area contributed by atoms with E-state index in [0.717, 1.165) is 24.0 Å². The molecule has 0 aromatic carbocycles. The maximum Gasteiger partial charge on any atom is 0.329 e. The van der Waals surface area contributed by atoms with Crippen molar-refractivity contribution in [1.82, 2.24) is 4.90 Å². The van der Waals surface area contributed by atoms with Gasteiger partial charge in [-0.1, -0.05) is 86.1 Å². The molecule has 0 aromatic heterocycles. The first-order valence-corrected chi connectivity index (χ1v) is 32.4. The summed E-state index contributed by atoms with van der Waals surface area (Å²) in [5.74, 6) is -7.64. The third-order valence-electron chi connectivity index (χ3n) is 17.3. The van der Waals surface area contributed by atoms with Crippen LogP contribution in [0.5, 0.6) is 0 Å². The van der Waals surface area contributed by atoms with Gasteiger partial charge in [-0.25, -0.2) is 4.79 Å². The fourth-order valence-corrected chi connectivity index (χ4v) is 13.5. The fraction of sp³-hybridized carbons (Fsp3) is 0.821. The van der Waals surface area contributed by atoms with Gasteiger partial charge >= 0.3 is 5.97 Å². The maximum atomic E-state index is 15.1. The SMILES string of the molecule is [2H][13C]([2H])=CC[C@H]1C=C(C)C[C@@H](C)C[C@@H](OC)[C@H]2O[C@@](O)(C(=O)C(=O)N3CCCC[C@H]3C(=O)O[C@H](C(C)=C[C@@H]3CC[C@@H](O[Si](C)(C)C(C)(C)C)[C@H](OC)C3)[C@H](C)[C@@H](O[Si](C)(C)C(C)(C)C)CC1=O)[C@H](C)C[C@@H]2OC. The van der Waals surface area contributed by atoms with Crippen LogP contribution in [-0.2, 0) is 51.7 Å². The average molecular weight is 1040 g/mol. The Morgan fingerprint density at radius 2 is 1.44 bits per heavy atom. The van der Waals surface area contributed by atoms with Gasteiger partial charge < -0.3 is 42.5 Å². The third kappa shape index (κ3) is 15.0. The highest BCUT2D eigenvalue weighted by atomic mass is 28.4. The van der Waals surface area contributed by atoms with Gasteiger partial charge in [-0.05, 0) is 132 Å². The molecule has 0 unspecified atom stereocenters. The number of hydrogen-bond donors (Lipinski definition) is 1. The highest BCUT2D eigenvalue weighted by molar-refractivity contribution is 6.74. The van der Waals surface area contributed by atoms with E-state index in [1.165, 1.54) is 25.2 Å². The predicted molar refractivity (Wildman–Crippen MR) is 285 cm³/mol. The number of rotatable bonds is 11. The molecule has 3 fully saturated rings. The maximum absolute atomic E-state index is 15.1. The molecule has 1 amide bonds. The highest BCUT2D eigenvalue weighted by Crippen LogP contribution is 2.44. The number of carbonyl (C=O) groups excluding carboxylic acids is 4. The quantitative estimate of drug-likeness (QED) is 0.0688. The normalized spacial score (nSPS) is 35.9. The van der Waals surface area contributed by atoms with Gasteiger partial charge in [-0.15, -0.1) is 6.53 Å². The van der Waals surface area contributed by atoms with Crippen molar-refractivity contribution >= 4 is 40.1 Å². The third-order valence-corrected chi connectivity index (χ3v) is 26.3. The van der Waals surface area contributed by atoms with E-state index < -0.39 is 94.4 Å². The zero-order valence-corrected chi connectivity index (χ0v) is 49.1. The molecule has 15 heteroatoms. The number of nitrogens with zero attached hydrogens (tertiary/aromatic N) is 1. The average Bonchev–Trinajstić information content (AvgIpc) is 3.30. The first kappa shape index (κ1) is 57.9. The summed E-state index contributed by atoms with van der Waals surface area (Å²) in [6.45, 7) is 31.2. The van der Waals surface area contributed by atoms with Crippen molar-refractivity contribution in [2.75, 3.05) is 27.9 Å². The zero-order chi connectivity index (χ0) is 55.2. The lowest BCUT2D eigenvalue weighted by atomic mass is 9.81. The van der Waals surface area contributed by atoms with Crippen molar-refractivity contribution in [2.24, 2.45) is 29.6 Å². The Morgan fingerprint density at radius 3 is 2.01 bits per heavy atom. The number of ketones is 2. The molecule has 3 heterocycles. The number of esters is 1. The van der Waals surface area contributed by atoms with Crippen molar-refractivity contribution in [3.05, 3.63) is 35.9 Å². The molecule has 2 saturated heterocycles. The summed E-state index contributed by atoms with van der Waals surface area (Å²) in [5, 5.41) is 12.1. The van der Waals surface area contributed by atoms with Gasteiger partial charge in [-0.3, -0.25) is 14.4 Å². The van der Waals surface area contributed by atoms with Gasteiger partial charge in [0, 0.05) is 52.0 Å². The molecule has 3 aliphatic heterocycles. The number of allylic oxidation sites excluding steroid dienone is 4. The molecule has 0 radical (unpaired) electrons. The largest absolute Gasteiger partial charge is 0.456 e. The van der Waals surface area contributed by atoms with E-state index in [-0.39, 0.29) is 78.7 Å². The number of carbonyl (C=O) groups is 4. The number of ether oxygens (including phenoxy) is 5. The lowest BCUT2D eigenvalue weighted by Gasteiger charge is -2.47. The summed E-state index contributed by atoms with van der Waals surface area (Å²) in [5.41, 5.74) is 1.69. The Hall–Kier alpha value is -2.35. The molecule has 14 atom stereocenters. The van der Waals surface area contributed by atoms with Crippen molar-refractivity contribution in [3.8, 4) is 0 Å². The monoisotopic (exact) mass is 1030 g/mol. The molecule has 1 aliphatic carbocycles. The summed E-state index contributed by atoms with van der Waals surface area (Å²) in [6.07, 6.45) is 6.46. The molecular weight excluding hydrogens is 936 g/mol. The van der Waals surface area contributed by atoms with Crippen molar-refractivity contribution < 1.29 is 59.6 Å². The topological polar surface area (TPSA) is 156 Å². The van der Waals surface area contributed by atoms with Gasteiger partial charge in [0.05, 0.1) is 33.3 Å². The second-order valence-electron chi connectivity index (χ2n) is 24.9. The summed E-state index contributed by atoms with van der Waals surface area (Å²) >= 11 is 0. The number of Topliss-reactive ketones (excluding diaryl/α,β-unsaturated/α-hetero) is 2. The number of amides is 1. The zero-order valence-electron chi connectivity index (χ0n) is 49.1. The molecule has 71 heavy (non-hydrogen) atoms. The Bertz CT molecular complexity index is 1990. The molecule has 0 aromatic rings. The highest BCUT2D eigenvalue weighted by Gasteiger charge is 2.57. The van der Waals surface area contributed by atoms with Crippen LogP contribution >= 0.6 is 0 Å². The summed E-state index contributed by atoms with van der Waals surface area (Å²) in [6, 6.07) is -1.14. The van der Waals surface area contributed by atoms with Crippen LogP contribution in [0.1, 0.15) is 150 Å². The van der Waals surface area contributed by atoms with E-state index in [4.69, 9.17) is 35.3 Å². The summed E-state index contributed by atoms with van der Waals surface area (Å²) in [7, 11) is 0.0541. The smallest absolute Gasteiger partial charge is 0.329 e. The van der Waals surface area contributed by atoms with Crippen molar-refractivity contribution in [1.29, 1.82) is 0 Å². The molecular formula is C56H97NO12Si2. The first-order valence-electron chi connectivity index (χ1n) is 27.6. The Labute approximate surface area is 434 Å². The van der Waals surface area contributed by atoms with Gasteiger partial charge in [-0.2, -0.15) is 0 Å². The molecule has 4 aliphatic rings. The van der Waals surface area contributed by atoms with Gasteiger partial charge in [0.15, 0.2) is 16.6 Å². The minimum Gasteiger partial charge on any atom is -0.456 e. The number of piperidine rings is 1. The molecule has 1 N–H and O–H groups in total. The van der Waals surface area contributed by atoms with E-state index in [2.05, 4.69) is 73.8 Å². The number of aliphatic hydroxyl groups is 1. The minimum absolute atomic E-state index is 0.0255. The molecule has 2 bridgehead atoms. The van der Waals surface area contributed by atoms with Crippen LogP contribution in [-0.4, -0.2) is 133 Å². The molecule has 0 spiro atoms. The van der Waals surface area contributed by atoms with Crippen molar-refractivity contribution in [3.63, 3.8) is 0 Å². The van der Waals surface area contributed by atoms with E-state index in [9.17, 15) is 14.7 Å². The van der Waals surface area contributed by atoms with Crippen LogP contribution in [0, 0.1) is 29.6 Å². The molecule has 1 saturated carbocycles. The van der Waals surface area contributed by atoms with Crippen LogP contribution in [0.4, 0.5) is 0 Å². The van der Waals surface area contributed by atoms with Crippen LogP contribution < -0.4 is 0 Å². The summed E-state index contributed by atoms with van der Waals surface area (Å²) < 4.78 is 61.3. The van der Waals surface area contributed by atoms with Gasteiger partial charge in [0.1, 0.15) is 24.0 Å². The Kier molecular flexibility index (Phi) is 20.4. The predicted octanol–water partition coefficient (Wildman–Crippen LogP) is 10.7. The standard InChI is InChI=1S/C56H97NO12Si2/c1-20-23-41-29-35(2)28-36(3)30-47(64-14)50-48(65-15)32-38(5)56(62,67-50)51(59)52(60)57-27-22-21-24-42(57)53(61)66-49(39(6)45(34-43(41)58)69-71(18,19)55(10,11)12)37(4)31-40-25-26-44(46(33-40)63-13)68-70(16,17)54(7,8)9/h20,29,31,36,38-42,44-50,62H,1,21-28,30,32-34H2,2-19H3/t36-,38-,39-,40+,41+,42+,44-,45+,46-,47-,48+,49-,50-,56-/m1/s1/i1+1D2. The molecule has 406 valence electrons. The van der Waals surface area contributed by atoms with Gasteiger partial charge in [0.25, 0.3) is 11.7 Å². The van der Waals surface area contributed by atoms with E-state index in [0.29, 0.717) is 32.1 Å². The van der Waals surface area contributed by atoms with Gasteiger partial charge in [0.2, 0.25) is 5.79 Å². The lowest BCUT2D eigenvalue weighted by Crippen LogP contribution is -2.64. The first-order chi connectivity index (χ1) is 33.7. The second kappa shape index (κ2) is 25.0. The van der Waals surface area contributed by atoms with E-state index in [1.54, 1.807) is 14.0 Å². The minimum atomic E-state index is -2.63. The number of hydrogen-bond acceptors (Lipinski definition) is 12. The summed E-state index contributed by atoms with van der Waals surface area (Å²) in [4.78, 5) is 60.6. The Morgan fingerprint density at radius 1 is 0.845 bits per heavy atom. The molecule has 4 rings (SSSR count). The van der Waals surface area contributed by atoms with Crippen LogP contribution in [0.2, 0.25) is 36.3 Å². The fourth-order valence-electron chi connectivity index (χ4n) is 10.7. The van der Waals surface area contributed by atoms with Crippen molar-refractivity contribution in [2.45, 2.75) is 238 Å². The molecule has 13 nitrogen and oxygen atoms in total. The van der Waals surface area contributed by atoms with Crippen LogP contribution in [0.3, 0.4) is 0 Å². The van der Waals surface area contributed by atoms with Crippen LogP contribution in [0.15, 0.2) is 35.9 Å². The second-order valence-corrected chi connectivity index (χ2v) is 34.4. The number of methoxy groups -OCH3 is 3. The van der Waals surface area contributed by atoms with E-state index >= 15 is 9.59 Å². The van der Waals surface area contributed by atoms with E-state index in [1.807, 2.05) is 33.8 Å². The number of cyclic esters (lactones) is 1. The lowest BCUT2D eigenvalue weighted by molar-refractivity contribution is -0.302. The Balaban J connectivity index is 1.92.